The molecule has 0 fully saturated rings. The van der Waals surface area contributed by atoms with Crippen molar-refractivity contribution in [1.29, 1.82) is 0 Å². The Bertz CT molecular complexity index is 614. The molecule has 1 amide bonds. The van der Waals surface area contributed by atoms with Crippen molar-refractivity contribution in [2.75, 3.05) is 5.32 Å². The molecule has 2 rings (SSSR count). The molecule has 0 aliphatic rings. The summed E-state index contributed by atoms with van der Waals surface area (Å²) in [6.45, 7) is 7.09. The van der Waals surface area contributed by atoms with Crippen LogP contribution in [0.25, 0.3) is 0 Å². The van der Waals surface area contributed by atoms with Gasteiger partial charge in [0.1, 0.15) is 0 Å². The minimum atomic E-state index is -0.419. The van der Waals surface area contributed by atoms with Crippen LogP contribution in [0.5, 0.6) is 0 Å². The second-order valence-electron chi connectivity index (χ2n) is 5.69. The number of rotatable bonds is 4. The number of hydrogen-bond acceptors (Lipinski definition) is 4. The minimum Gasteiger partial charge on any atom is -0.379 e. The summed E-state index contributed by atoms with van der Waals surface area (Å²) in [4.78, 5) is 15.7. The third-order valence-corrected chi connectivity index (χ3v) is 4.13. The van der Waals surface area contributed by atoms with E-state index in [1.165, 1.54) is 0 Å². The van der Waals surface area contributed by atoms with E-state index < -0.39 is 5.91 Å². The van der Waals surface area contributed by atoms with Gasteiger partial charge in [-0.15, -0.1) is 11.3 Å². The van der Waals surface area contributed by atoms with Gasteiger partial charge in [0.15, 0.2) is 0 Å². The monoisotopic (exact) mass is 289 g/mol. The maximum Gasteiger partial charge on any atom is 0.248 e. The van der Waals surface area contributed by atoms with Gasteiger partial charge in [-0.1, -0.05) is 26.8 Å². The predicted octanol–water partition coefficient (Wildman–Crippen LogP) is 3.15. The van der Waals surface area contributed by atoms with Crippen molar-refractivity contribution in [3.63, 3.8) is 0 Å². The summed E-state index contributed by atoms with van der Waals surface area (Å²) >= 11 is 1.67. The molecule has 0 radical (unpaired) electrons. The van der Waals surface area contributed by atoms with Crippen LogP contribution in [0.15, 0.2) is 29.6 Å². The van der Waals surface area contributed by atoms with Crippen molar-refractivity contribution < 1.29 is 4.79 Å². The molecule has 0 unspecified atom stereocenters. The van der Waals surface area contributed by atoms with E-state index in [9.17, 15) is 4.79 Å². The molecule has 0 spiro atoms. The second kappa shape index (κ2) is 5.63. The average molecular weight is 289 g/mol. The van der Waals surface area contributed by atoms with Crippen LogP contribution in [0.3, 0.4) is 0 Å². The summed E-state index contributed by atoms with van der Waals surface area (Å²) in [5, 5.41) is 6.44. The maximum absolute atomic E-state index is 11.1. The number of benzene rings is 1. The number of nitrogens with one attached hydrogen (secondary N) is 1. The molecular formula is C15H19N3OS. The zero-order chi connectivity index (χ0) is 14.8. The molecule has 0 saturated heterocycles. The van der Waals surface area contributed by atoms with Crippen molar-refractivity contribution in [3.8, 4) is 0 Å². The lowest BCUT2D eigenvalue weighted by molar-refractivity contribution is 0.100. The van der Waals surface area contributed by atoms with Gasteiger partial charge in [-0.05, 0) is 18.2 Å². The molecule has 0 saturated carbocycles. The quantitative estimate of drug-likeness (QED) is 0.908. The first-order chi connectivity index (χ1) is 9.36. The van der Waals surface area contributed by atoms with Gasteiger partial charge in [0.2, 0.25) is 5.91 Å². The third kappa shape index (κ3) is 3.57. The third-order valence-electron chi connectivity index (χ3n) is 2.81. The Morgan fingerprint density at radius 3 is 2.75 bits per heavy atom. The first-order valence-corrected chi connectivity index (χ1v) is 7.33. The molecule has 0 aliphatic carbocycles. The molecular weight excluding hydrogens is 270 g/mol. The summed E-state index contributed by atoms with van der Waals surface area (Å²) in [5.41, 5.74) is 7.72. The molecule has 5 heteroatoms. The topological polar surface area (TPSA) is 68.0 Å². The zero-order valence-corrected chi connectivity index (χ0v) is 12.8. The van der Waals surface area contributed by atoms with Gasteiger partial charge in [-0.2, -0.15) is 0 Å². The van der Waals surface area contributed by atoms with Gasteiger partial charge in [0.05, 0.1) is 17.2 Å². The molecule has 0 aliphatic heterocycles. The normalized spacial score (nSPS) is 11.3. The van der Waals surface area contributed by atoms with Crippen LogP contribution in [-0.4, -0.2) is 10.9 Å². The van der Waals surface area contributed by atoms with E-state index >= 15 is 0 Å². The van der Waals surface area contributed by atoms with Crippen LogP contribution < -0.4 is 11.1 Å². The summed E-state index contributed by atoms with van der Waals surface area (Å²) in [6.07, 6.45) is 0. The van der Waals surface area contributed by atoms with Crippen LogP contribution in [-0.2, 0) is 12.0 Å². The lowest BCUT2D eigenvalue weighted by Crippen LogP contribution is -2.12. The number of nitrogens with zero attached hydrogens (tertiary/aromatic N) is 1. The zero-order valence-electron chi connectivity index (χ0n) is 11.9. The highest BCUT2D eigenvalue weighted by atomic mass is 32.1. The number of carbonyl (C=O) groups is 1. The van der Waals surface area contributed by atoms with E-state index in [2.05, 4.69) is 36.5 Å². The average Bonchev–Trinajstić information content (AvgIpc) is 2.85. The Labute approximate surface area is 123 Å². The molecule has 3 N–H and O–H groups in total. The van der Waals surface area contributed by atoms with Crippen LogP contribution >= 0.6 is 11.3 Å². The van der Waals surface area contributed by atoms with Gasteiger partial charge in [0.25, 0.3) is 0 Å². The first kappa shape index (κ1) is 14.5. The van der Waals surface area contributed by atoms with Gasteiger partial charge >= 0.3 is 0 Å². The number of carbonyl (C=O) groups excluding carboxylic acids is 1. The highest BCUT2D eigenvalue weighted by molar-refractivity contribution is 7.09. The molecule has 0 bridgehead atoms. The number of anilines is 1. The maximum atomic E-state index is 11.1. The fraction of sp³-hybridized carbons (Fsp3) is 0.333. The highest BCUT2D eigenvalue weighted by Crippen LogP contribution is 2.25. The molecule has 1 aromatic carbocycles. The number of nitrogens with two attached hydrogens (primary N) is 1. The van der Waals surface area contributed by atoms with E-state index in [1.807, 2.05) is 12.1 Å². The molecule has 1 heterocycles. The lowest BCUT2D eigenvalue weighted by Gasteiger charge is -2.13. The van der Waals surface area contributed by atoms with E-state index in [4.69, 9.17) is 5.73 Å². The Kier molecular flexibility index (Phi) is 4.09. The molecule has 106 valence electrons. The number of hydrogen-bond donors (Lipinski definition) is 2. The van der Waals surface area contributed by atoms with E-state index in [0.717, 1.165) is 16.4 Å². The summed E-state index contributed by atoms with van der Waals surface area (Å²) < 4.78 is 0. The molecule has 0 atom stereocenters. The summed E-state index contributed by atoms with van der Waals surface area (Å²) in [7, 11) is 0. The van der Waals surface area contributed by atoms with Crippen LogP contribution in [0.2, 0.25) is 0 Å². The van der Waals surface area contributed by atoms with E-state index in [1.54, 1.807) is 23.5 Å². The van der Waals surface area contributed by atoms with Crippen molar-refractivity contribution in [1.82, 2.24) is 4.98 Å². The fourth-order valence-electron chi connectivity index (χ4n) is 1.71. The number of amides is 1. The predicted molar refractivity (Wildman–Crippen MR) is 83.1 cm³/mol. The van der Waals surface area contributed by atoms with Crippen molar-refractivity contribution >= 4 is 22.9 Å². The van der Waals surface area contributed by atoms with Crippen LogP contribution in [0.4, 0.5) is 5.69 Å². The molecule has 20 heavy (non-hydrogen) atoms. The molecule has 2 aromatic rings. The standard InChI is InChI=1S/C15H19N3OS/c1-15(2,3)14-18-12(9-20-14)8-17-11-6-4-5-10(7-11)13(16)19/h4-7,9,17H,8H2,1-3H3,(H2,16,19). The number of primary amides is 1. The lowest BCUT2D eigenvalue weighted by atomic mass is 9.98. The molecule has 4 nitrogen and oxygen atoms in total. The Hall–Kier alpha value is -1.88. The van der Waals surface area contributed by atoms with E-state index in [-0.39, 0.29) is 5.41 Å². The Morgan fingerprint density at radius 2 is 2.15 bits per heavy atom. The second-order valence-corrected chi connectivity index (χ2v) is 6.55. The van der Waals surface area contributed by atoms with Crippen LogP contribution in [0.1, 0.15) is 41.8 Å². The van der Waals surface area contributed by atoms with E-state index in [0.29, 0.717) is 12.1 Å². The van der Waals surface area contributed by atoms with Crippen LogP contribution in [0, 0.1) is 0 Å². The fourth-order valence-corrected chi connectivity index (χ4v) is 2.61. The summed E-state index contributed by atoms with van der Waals surface area (Å²) in [6, 6.07) is 7.17. The van der Waals surface area contributed by atoms with Crippen molar-refractivity contribution in [2.45, 2.75) is 32.7 Å². The van der Waals surface area contributed by atoms with Crippen molar-refractivity contribution in [3.05, 3.63) is 45.9 Å². The SMILES string of the molecule is CC(C)(C)c1nc(CNc2cccc(C(N)=O)c2)cs1. The minimum absolute atomic E-state index is 0.0782. The number of aromatic nitrogens is 1. The Balaban J connectivity index is 2.04. The number of thiazole rings is 1. The smallest absolute Gasteiger partial charge is 0.248 e. The highest BCUT2D eigenvalue weighted by Gasteiger charge is 2.17. The van der Waals surface area contributed by atoms with Gasteiger partial charge in [-0.3, -0.25) is 4.79 Å². The van der Waals surface area contributed by atoms with Gasteiger partial charge in [-0.25, -0.2) is 4.98 Å². The summed E-state index contributed by atoms with van der Waals surface area (Å²) in [5.74, 6) is -0.419. The Morgan fingerprint density at radius 1 is 1.40 bits per heavy atom. The van der Waals surface area contributed by atoms with Gasteiger partial charge in [0, 0.05) is 22.0 Å². The molecule has 1 aromatic heterocycles. The van der Waals surface area contributed by atoms with Crippen molar-refractivity contribution in [2.24, 2.45) is 5.73 Å². The first-order valence-electron chi connectivity index (χ1n) is 6.45. The largest absolute Gasteiger partial charge is 0.379 e. The van der Waals surface area contributed by atoms with Gasteiger partial charge < -0.3 is 11.1 Å².